The van der Waals surface area contributed by atoms with Gasteiger partial charge in [-0.2, -0.15) is 13.2 Å². The lowest BCUT2D eigenvalue weighted by atomic mass is 9.79. The van der Waals surface area contributed by atoms with Crippen molar-refractivity contribution >= 4 is 5.91 Å². The number of H-pyrrole nitrogens is 1. The van der Waals surface area contributed by atoms with Crippen molar-refractivity contribution in [3.05, 3.63) is 33.7 Å². The van der Waals surface area contributed by atoms with Crippen LogP contribution >= 0.6 is 0 Å². The first-order valence-corrected chi connectivity index (χ1v) is 6.93. The quantitative estimate of drug-likeness (QED) is 0.884. The molecule has 0 bridgehead atoms. The molecule has 1 fully saturated rings. The SMILES string of the molecule is CN(C)C1CC(CNC(=O)c2c[nH]c(=O)c(C(F)(F)F)c2)C1. The van der Waals surface area contributed by atoms with Crippen LogP contribution < -0.4 is 10.9 Å². The number of pyridine rings is 1. The molecule has 2 rings (SSSR count). The van der Waals surface area contributed by atoms with Crippen molar-refractivity contribution in [3.63, 3.8) is 0 Å². The average molecular weight is 317 g/mol. The standard InChI is InChI=1S/C14H18F3N3O2/c1-20(2)10-3-8(4-10)6-18-12(21)9-5-11(14(15,16)17)13(22)19-7-9/h5,7-8,10H,3-4,6H2,1-2H3,(H,18,21)(H,19,22). The maximum absolute atomic E-state index is 12.6. The highest BCUT2D eigenvalue weighted by Gasteiger charge is 2.35. The van der Waals surface area contributed by atoms with Crippen molar-refractivity contribution in [1.29, 1.82) is 0 Å². The first kappa shape index (κ1) is 16.5. The number of aromatic nitrogens is 1. The molecule has 0 aliphatic heterocycles. The molecule has 5 nitrogen and oxygen atoms in total. The molecule has 1 saturated carbocycles. The Labute approximate surface area is 125 Å². The van der Waals surface area contributed by atoms with E-state index in [1.165, 1.54) is 0 Å². The molecule has 0 aromatic carbocycles. The third-order valence-corrected chi connectivity index (χ3v) is 3.96. The molecule has 1 aliphatic carbocycles. The fourth-order valence-corrected chi connectivity index (χ4v) is 2.45. The number of alkyl halides is 3. The minimum absolute atomic E-state index is 0.199. The second-order valence-electron chi connectivity index (χ2n) is 5.79. The Balaban J connectivity index is 1.95. The van der Waals surface area contributed by atoms with Crippen LogP contribution in [0.2, 0.25) is 0 Å². The van der Waals surface area contributed by atoms with Crippen molar-refractivity contribution in [3.8, 4) is 0 Å². The number of rotatable bonds is 4. The number of hydrogen-bond donors (Lipinski definition) is 2. The molecule has 1 amide bonds. The van der Waals surface area contributed by atoms with Crippen molar-refractivity contribution in [1.82, 2.24) is 15.2 Å². The number of halogens is 3. The van der Waals surface area contributed by atoms with Gasteiger partial charge in [0.05, 0.1) is 5.56 Å². The van der Waals surface area contributed by atoms with Crippen LogP contribution in [0.1, 0.15) is 28.8 Å². The summed E-state index contributed by atoms with van der Waals surface area (Å²) in [6, 6.07) is 1.07. The van der Waals surface area contributed by atoms with Gasteiger partial charge < -0.3 is 15.2 Å². The van der Waals surface area contributed by atoms with Gasteiger partial charge in [-0.1, -0.05) is 0 Å². The summed E-state index contributed by atoms with van der Waals surface area (Å²) < 4.78 is 37.9. The van der Waals surface area contributed by atoms with E-state index in [4.69, 9.17) is 0 Å². The Morgan fingerprint density at radius 2 is 2.05 bits per heavy atom. The third kappa shape index (κ3) is 3.68. The van der Waals surface area contributed by atoms with Crippen LogP contribution in [0.25, 0.3) is 0 Å². The van der Waals surface area contributed by atoms with Crippen molar-refractivity contribution < 1.29 is 18.0 Å². The number of hydrogen-bond acceptors (Lipinski definition) is 3. The van der Waals surface area contributed by atoms with E-state index < -0.39 is 23.2 Å². The van der Waals surface area contributed by atoms with Gasteiger partial charge in [-0.3, -0.25) is 9.59 Å². The lowest BCUT2D eigenvalue weighted by Gasteiger charge is -2.39. The zero-order chi connectivity index (χ0) is 16.5. The summed E-state index contributed by atoms with van der Waals surface area (Å²) >= 11 is 0. The largest absolute Gasteiger partial charge is 0.421 e. The van der Waals surface area contributed by atoms with Crippen LogP contribution in [0.15, 0.2) is 17.1 Å². The third-order valence-electron chi connectivity index (χ3n) is 3.96. The molecule has 0 unspecified atom stereocenters. The number of nitrogens with zero attached hydrogens (tertiary/aromatic N) is 1. The Bertz CT molecular complexity index is 604. The van der Waals surface area contributed by atoms with Crippen LogP contribution in [0.4, 0.5) is 13.2 Å². The lowest BCUT2D eigenvalue weighted by molar-refractivity contribution is -0.138. The van der Waals surface area contributed by atoms with E-state index in [0.717, 1.165) is 19.0 Å². The molecular weight excluding hydrogens is 299 g/mol. The van der Waals surface area contributed by atoms with Gasteiger partial charge in [-0.05, 0) is 38.9 Å². The second kappa shape index (κ2) is 6.12. The van der Waals surface area contributed by atoms with E-state index in [-0.39, 0.29) is 5.56 Å². The van der Waals surface area contributed by atoms with Gasteiger partial charge in [0.25, 0.3) is 11.5 Å². The van der Waals surface area contributed by atoms with Crippen LogP contribution in [0.5, 0.6) is 0 Å². The van der Waals surface area contributed by atoms with E-state index in [9.17, 15) is 22.8 Å². The summed E-state index contributed by atoms with van der Waals surface area (Å²) in [4.78, 5) is 27.1. The Morgan fingerprint density at radius 3 is 2.59 bits per heavy atom. The molecule has 0 spiro atoms. The highest BCUT2D eigenvalue weighted by atomic mass is 19.4. The normalized spacial score (nSPS) is 21.5. The van der Waals surface area contributed by atoms with Gasteiger partial charge in [0.1, 0.15) is 5.56 Å². The maximum Gasteiger partial charge on any atom is 0.421 e. The highest BCUT2D eigenvalue weighted by molar-refractivity contribution is 5.94. The summed E-state index contributed by atoms with van der Waals surface area (Å²) in [5, 5.41) is 2.61. The Hall–Kier alpha value is -1.83. The van der Waals surface area contributed by atoms with Crippen LogP contribution in [-0.4, -0.2) is 42.5 Å². The fourth-order valence-electron chi connectivity index (χ4n) is 2.45. The van der Waals surface area contributed by atoms with Gasteiger partial charge in [0.2, 0.25) is 0 Å². The zero-order valence-corrected chi connectivity index (χ0v) is 12.3. The topological polar surface area (TPSA) is 65.2 Å². The first-order valence-electron chi connectivity index (χ1n) is 6.93. The molecule has 22 heavy (non-hydrogen) atoms. The fraction of sp³-hybridized carbons (Fsp3) is 0.571. The minimum Gasteiger partial charge on any atom is -0.352 e. The monoisotopic (exact) mass is 317 g/mol. The van der Waals surface area contributed by atoms with Crippen molar-refractivity contribution in [2.24, 2.45) is 5.92 Å². The van der Waals surface area contributed by atoms with Gasteiger partial charge >= 0.3 is 6.18 Å². The van der Waals surface area contributed by atoms with Crippen LogP contribution in [-0.2, 0) is 6.18 Å². The van der Waals surface area contributed by atoms with E-state index in [2.05, 4.69) is 10.2 Å². The number of amides is 1. The predicted octanol–water partition coefficient (Wildman–Crippen LogP) is 1.46. The lowest BCUT2D eigenvalue weighted by Crippen LogP contribution is -2.45. The Kier molecular flexibility index (Phi) is 4.60. The van der Waals surface area contributed by atoms with Gasteiger partial charge in [0.15, 0.2) is 0 Å². The number of carbonyl (C=O) groups excluding carboxylic acids is 1. The maximum atomic E-state index is 12.6. The van der Waals surface area contributed by atoms with Gasteiger partial charge in [-0.15, -0.1) is 0 Å². The molecule has 8 heteroatoms. The number of aromatic amines is 1. The van der Waals surface area contributed by atoms with Gasteiger partial charge in [0, 0.05) is 18.8 Å². The first-order chi connectivity index (χ1) is 10.2. The van der Waals surface area contributed by atoms with E-state index in [1.54, 1.807) is 0 Å². The molecule has 1 heterocycles. The smallest absolute Gasteiger partial charge is 0.352 e. The second-order valence-corrected chi connectivity index (χ2v) is 5.79. The van der Waals surface area contributed by atoms with E-state index in [0.29, 0.717) is 24.6 Å². The average Bonchev–Trinajstić information content (AvgIpc) is 2.35. The summed E-state index contributed by atoms with van der Waals surface area (Å²) in [7, 11) is 3.97. The molecule has 1 aromatic heterocycles. The molecular formula is C14H18F3N3O2. The molecule has 0 atom stereocenters. The molecule has 0 saturated heterocycles. The molecule has 1 aliphatic rings. The minimum atomic E-state index is -4.78. The van der Waals surface area contributed by atoms with Crippen molar-refractivity contribution in [2.45, 2.75) is 25.1 Å². The molecule has 122 valence electrons. The van der Waals surface area contributed by atoms with E-state index >= 15 is 0 Å². The number of nitrogens with one attached hydrogen (secondary N) is 2. The van der Waals surface area contributed by atoms with Crippen LogP contribution in [0.3, 0.4) is 0 Å². The molecule has 2 N–H and O–H groups in total. The zero-order valence-electron chi connectivity index (χ0n) is 12.3. The molecule has 1 aromatic rings. The van der Waals surface area contributed by atoms with Crippen molar-refractivity contribution in [2.75, 3.05) is 20.6 Å². The summed E-state index contributed by atoms with van der Waals surface area (Å²) in [6.45, 7) is 0.420. The predicted molar refractivity (Wildman–Crippen MR) is 74.6 cm³/mol. The summed E-state index contributed by atoms with van der Waals surface area (Å²) in [6.07, 6.45) is -1.88. The molecule has 0 radical (unpaired) electrons. The highest BCUT2D eigenvalue weighted by Crippen LogP contribution is 2.30. The van der Waals surface area contributed by atoms with E-state index in [1.807, 2.05) is 19.1 Å². The Morgan fingerprint density at radius 1 is 1.41 bits per heavy atom. The summed E-state index contributed by atoms with van der Waals surface area (Å²) in [5.41, 5.74) is -2.82. The summed E-state index contributed by atoms with van der Waals surface area (Å²) in [5.74, 6) is -0.281. The van der Waals surface area contributed by atoms with Crippen LogP contribution in [0, 0.1) is 5.92 Å². The van der Waals surface area contributed by atoms with Gasteiger partial charge in [-0.25, -0.2) is 0 Å². The number of carbonyl (C=O) groups is 1.